The second-order valence-electron chi connectivity index (χ2n) is 3.75. The van der Waals surface area contributed by atoms with E-state index < -0.39 is 5.91 Å². The van der Waals surface area contributed by atoms with Gasteiger partial charge in [0.15, 0.2) is 17.3 Å². The number of para-hydroxylation sites is 1. The highest BCUT2D eigenvalue weighted by atomic mass is 16.5. The number of H-pyrrole nitrogens is 1. The van der Waals surface area contributed by atoms with Crippen LogP contribution in [0.3, 0.4) is 0 Å². The van der Waals surface area contributed by atoms with Crippen LogP contribution in [0.25, 0.3) is 0 Å². The minimum Gasteiger partial charge on any atom is -0.504 e. The van der Waals surface area contributed by atoms with Crippen molar-refractivity contribution in [2.24, 2.45) is 0 Å². The molecule has 0 saturated heterocycles. The summed E-state index contributed by atoms with van der Waals surface area (Å²) < 4.78 is 4.94. The van der Waals surface area contributed by atoms with Gasteiger partial charge in [0.25, 0.3) is 5.91 Å². The standard InChI is InChI=1S/C12H13N3O3/c1-7-6-10(15-14-7)13-12(17)8-4-3-5-9(18-2)11(8)16/h3-6,16H,1-2H3,(H2,13,14,15,17). The van der Waals surface area contributed by atoms with Gasteiger partial charge < -0.3 is 15.2 Å². The van der Waals surface area contributed by atoms with Gasteiger partial charge in [-0.05, 0) is 19.1 Å². The molecular weight excluding hydrogens is 234 g/mol. The number of hydrogen-bond acceptors (Lipinski definition) is 4. The lowest BCUT2D eigenvalue weighted by molar-refractivity contribution is 0.102. The average Bonchev–Trinajstić information content (AvgIpc) is 2.75. The number of rotatable bonds is 3. The lowest BCUT2D eigenvalue weighted by atomic mass is 10.1. The number of amides is 1. The van der Waals surface area contributed by atoms with Crippen LogP contribution in [0, 0.1) is 6.92 Å². The molecule has 0 saturated carbocycles. The first-order valence-corrected chi connectivity index (χ1v) is 5.31. The zero-order valence-electron chi connectivity index (χ0n) is 10.0. The molecule has 0 atom stereocenters. The molecule has 2 aromatic rings. The predicted molar refractivity (Wildman–Crippen MR) is 65.9 cm³/mol. The predicted octanol–water partition coefficient (Wildman–Crippen LogP) is 1.68. The van der Waals surface area contributed by atoms with Crippen LogP contribution in [-0.2, 0) is 0 Å². The third kappa shape index (κ3) is 2.27. The average molecular weight is 247 g/mol. The van der Waals surface area contributed by atoms with Crippen LogP contribution >= 0.6 is 0 Å². The normalized spacial score (nSPS) is 10.1. The van der Waals surface area contributed by atoms with Crippen LogP contribution in [0.1, 0.15) is 16.1 Å². The summed E-state index contributed by atoms with van der Waals surface area (Å²) >= 11 is 0. The molecule has 0 spiro atoms. The molecule has 3 N–H and O–H groups in total. The fourth-order valence-electron chi connectivity index (χ4n) is 1.54. The Kier molecular flexibility index (Phi) is 3.18. The van der Waals surface area contributed by atoms with E-state index in [1.807, 2.05) is 6.92 Å². The van der Waals surface area contributed by atoms with E-state index in [1.165, 1.54) is 13.2 Å². The molecule has 0 bridgehead atoms. The number of ether oxygens (including phenoxy) is 1. The summed E-state index contributed by atoms with van der Waals surface area (Å²) in [5, 5.41) is 19.0. The van der Waals surface area contributed by atoms with Crippen LogP contribution in [0.5, 0.6) is 11.5 Å². The SMILES string of the molecule is COc1cccc(C(=O)Nc2cc(C)[nH]n2)c1O. The number of hydrogen-bond donors (Lipinski definition) is 3. The molecule has 0 unspecified atom stereocenters. The van der Waals surface area contributed by atoms with Crippen molar-refractivity contribution >= 4 is 11.7 Å². The Bertz CT molecular complexity index is 578. The number of nitrogens with zero attached hydrogens (tertiary/aromatic N) is 1. The number of carbonyl (C=O) groups is 1. The summed E-state index contributed by atoms with van der Waals surface area (Å²) in [6.45, 7) is 1.83. The quantitative estimate of drug-likeness (QED) is 0.770. The first kappa shape index (κ1) is 12.0. The van der Waals surface area contributed by atoms with Gasteiger partial charge in [-0.2, -0.15) is 5.10 Å². The van der Waals surface area contributed by atoms with Gasteiger partial charge in [-0.25, -0.2) is 0 Å². The second-order valence-corrected chi connectivity index (χ2v) is 3.75. The van der Waals surface area contributed by atoms with Gasteiger partial charge in [0.1, 0.15) is 0 Å². The van der Waals surface area contributed by atoms with Crippen molar-refractivity contribution in [1.29, 1.82) is 0 Å². The molecule has 1 amide bonds. The van der Waals surface area contributed by atoms with Crippen molar-refractivity contribution in [3.05, 3.63) is 35.5 Å². The molecule has 18 heavy (non-hydrogen) atoms. The van der Waals surface area contributed by atoms with E-state index in [-0.39, 0.29) is 17.1 Å². The summed E-state index contributed by atoms with van der Waals surface area (Å²) in [6, 6.07) is 6.40. The van der Waals surface area contributed by atoms with E-state index in [0.717, 1.165) is 5.69 Å². The molecule has 1 aromatic heterocycles. The summed E-state index contributed by atoms with van der Waals surface area (Å²) in [6.07, 6.45) is 0. The maximum Gasteiger partial charge on any atom is 0.260 e. The highest BCUT2D eigenvalue weighted by Crippen LogP contribution is 2.29. The fourth-order valence-corrected chi connectivity index (χ4v) is 1.54. The van der Waals surface area contributed by atoms with Gasteiger partial charge in [0.2, 0.25) is 0 Å². The Labute approximate surface area is 104 Å². The topological polar surface area (TPSA) is 87.2 Å². The zero-order chi connectivity index (χ0) is 13.1. The fraction of sp³-hybridized carbons (Fsp3) is 0.167. The molecule has 0 aliphatic rings. The van der Waals surface area contributed by atoms with Crippen LogP contribution in [-0.4, -0.2) is 28.3 Å². The summed E-state index contributed by atoms with van der Waals surface area (Å²) in [5.74, 6) is 0.0169. The van der Waals surface area contributed by atoms with Crippen LogP contribution in [0.15, 0.2) is 24.3 Å². The summed E-state index contributed by atoms with van der Waals surface area (Å²) in [5.41, 5.74) is 0.968. The Balaban J connectivity index is 2.24. The monoisotopic (exact) mass is 247 g/mol. The maximum absolute atomic E-state index is 11.9. The minimum absolute atomic E-state index is 0.134. The van der Waals surface area contributed by atoms with Crippen molar-refractivity contribution in [2.45, 2.75) is 6.92 Å². The number of phenolic OH excluding ortho intramolecular Hbond substituents is 1. The number of benzene rings is 1. The lowest BCUT2D eigenvalue weighted by Crippen LogP contribution is -2.12. The largest absolute Gasteiger partial charge is 0.504 e. The van der Waals surface area contributed by atoms with Gasteiger partial charge >= 0.3 is 0 Å². The summed E-state index contributed by atoms with van der Waals surface area (Å²) in [7, 11) is 1.42. The zero-order valence-corrected chi connectivity index (χ0v) is 10.0. The molecule has 2 rings (SSSR count). The number of aryl methyl sites for hydroxylation is 1. The number of methoxy groups -OCH3 is 1. The van der Waals surface area contributed by atoms with E-state index in [4.69, 9.17) is 4.74 Å². The van der Waals surface area contributed by atoms with Gasteiger partial charge in [0.05, 0.1) is 12.7 Å². The molecule has 6 heteroatoms. The Hall–Kier alpha value is -2.50. The van der Waals surface area contributed by atoms with Gasteiger partial charge in [-0.3, -0.25) is 9.89 Å². The smallest absolute Gasteiger partial charge is 0.260 e. The molecule has 1 heterocycles. The Morgan fingerprint density at radius 3 is 2.89 bits per heavy atom. The Morgan fingerprint density at radius 2 is 2.28 bits per heavy atom. The second kappa shape index (κ2) is 4.79. The number of aromatic amines is 1. The van der Waals surface area contributed by atoms with E-state index in [9.17, 15) is 9.90 Å². The molecule has 0 radical (unpaired) electrons. The first-order chi connectivity index (χ1) is 8.61. The number of aromatic nitrogens is 2. The van der Waals surface area contributed by atoms with E-state index in [0.29, 0.717) is 5.82 Å². The summed E-state index contributed by atoms with van der Waals surface area (Å²) in [4.78, 5) is 11.9. The van der Waals surface area contributed by atoms with Crippen molar-refractivity contribution < 1.29 is 14.6 Å². The number of carbonyl (C=O) groups excluding carboxylic acids is 1. The van der Waals surface area contributed by atoms with Crippen molar-refractivity contribution in [3.8, 4) is 11.5 Å². The highest BCUT2D eigenvalue weighted by Gasteiger charge is 2.15. The molecule has 0 fully saturated rings. The highest BCUT2D eigenvalue weighted by molar-refractivity contribution is 6.06. The van der Waals surface area contributed by atoms with Crippen molar-refractivity contribution in [1.82, 2.24) is 10.2 Å². The third-order valence-corrected chi connectivity index (χ3v) is 2.41. The molecule has 1 aromatic carbocycles. The lowest BCUT2D eigenvalue weighted by Gasteiger charge is -2.07. The molecule has 0 aliphatic heterocycles. The maximum atomic E-state index is 11.9. The number of aromatic hydroxyl groups is 1. The van der Waals surface area contributed by atoms with Crippen molar-refractivity contribution in [3.63, 3.8) is 0 Å². The first-order valence-electron chi connectivity index (χ1n) is 5.31. The van der Waals surface area contributed by atoms with E-state index >= 15 is 0 Å². The van der Waals surface area contributed by atoms with Crippen LogP contribution < -0.4 is 10.1 Å². The van der Waals surface area contributed by atoms with Gasteiger partial charge in [-0.1, -0.05) is 6.07 Å². The van der Waals surface area contributed by atoms with Gasteiger partial charge in [0, 0.05) is 11.8 Å². The molecular formula is C12H13N3O3. The number of nitrogens with one attached hydrogen (secondary N) is 2. The molecule has 6 nitrogen and oxygen atoms in total. The minimum atomic E-state index is -0.446. The van der Waals surface area contributed by atoms with E-state index in [1.54, 1.807) is 18.2 Å². The Morgan fingerprint density at radius 1 is 1.50 bits per heavy atom. The van der Waals surface area contributed by atoms with E-state index in [2.05, 4.69) is 15.5 Å². The third-order valence-electron chi connectivity index (χ3n) is 2.41. The molecule has 0 aliphatic carbocycles. The molecule has 94 valence electrons. The number of phenols is 1. The van der Waals surface area contributed by atoms with Crippen LogP contribution in [0.4, 0.5) is 5.82 Å². The van der Waals surface area contributed by atoms with Crippen LogP contribution in [0.2, 0.25) is 0 Å². The van der Waals surface area contributed by atoms with Gasteiger partial charge in [-0.15, -0.1) is 0 Å². The van der Waals surface area contributed by atoms with Crippen molar-refractivity contribution in [2.75, 3.05) is 12.4 Å². The number of anilines is 1.